The van der Waals surface area contributed by atoms with Gasteiger partial charge in [0.2, 0.25) is 0 Å². The van der Waals surface area contributed by atoms with Gasteiger partial charge in [0.1, 0.15) is 19.0 Å². The first kappa shape index (κ1) is 17.5. The van der Waals surface area contributed by atoms with Gasteiger partial charge in [-0.15, -0.1) is 0 Å². The van der Waals surface area contributed by atoms with Gasteiger partial charge in [-0.2, -0.15) is 0 Å². The molecule has 0 fully saturated rings. The second-order valence-corrected chi connectivity index (χ2v) is 5.79. The van der Waals surface area contributed by atoms with E-state index in [9.17, 15) is 4.79 Å². The molecule has 0 aliphatic carbocycles. The molecule has 4 nitrogen and oxygen atoms in total. The molecule has 26 heavy (non-hydrogen) atoms. The molecule has 1 atom stereocenters. The summed E-state index contributed by atoms with van der Waals surface area (Å²) in [6, 6.07) is 28.5. The molecule has 3 rings (SSSR count). The maximum atomic E-state index is 12.2. The van der Waals surface area contributed by atoms with E-state index in [1.165, 1.54) is 0 Å². The Morgan fingerprint density at radius 3 is 2.04 bits per heavy atom. The van der Waals surface area contributed by atoms with Crippen molar-refractivity contribution in [2.45, 2.75) is 12.6 Å². The van der Waals surface area contributed by atoms with Gasteiger partial charge < -0.3 is 14.8 Å². The first-order valence-electron chi connectivity index (χ1n) is 8.51. The standard InChI is InChI=1S/C22H21NO3/c24-22(26-16-18-10-4-1-5-11-18)23-21(19-12-6-2-7-13-19)17-25-20-14-8-3-9-15-20/h1-15,21H,16-17H2,(H,23,24). The van der Waals surface area contributed by atoms with Crippen LogP contribution in [0.2, 0.25) is 0 Å². The topological polar surface area (TPSA) is 47.6 Å². The fourth-order valence-corrected chi connectivity index (χ4v) is 2.51. The van der Waals surface area contributed by atoms with Crippen LogP contribution in [0, 0.1) is 0 Å². The van der Waals surface area contributed by atoms with Crippen molar-refractivity contribution in [3.63, 3.8) is 0 Å². The number of hydrogen-bond acceptors (Lipinski definition) is 3. The van der Waals surface area contributed by atoms with Crippen molar-refractivity contribution in [3.05, 3.63) is 102 Å². The van der Waals surface area contributed by atoms with Crippen LogP contribution in [0.1, 0.15) is 17.2 Å². The van der Waals surface area contributed by atoms with E-state index in [2.05, 4.69) is 5.32 Å². The Kier molecular flexibility index (Phi) is 6.26. The van der Waals surface area contributed by atoms with Crippen molar-refractivity contribution in [1.29, 1.82) is 0 Å². The zero-order chi connectivity index (χ0) is 18.0. The zero-order valence-corrected chi connectivity index (χ0v) is 14.4. The summed E-state index contributed by atoms with van der Waals surface area (Å²) in [6.45, 7) is 0.544. The Hall–Kier alpha value is -3.27. The van der Waals surface area contributed by atoms with Crippen LogP contribution in [-0.4, -0.2) is 12.7 Å². The number of para-hydroxylation sites is 1. The monoisotopic (exact) mass is 347 g/mol. The average molecular weight is 347 g/mol. The van der Waals surface area contributed by atoms with Crippen LogP contribution in [0.3, 0.4) is 0 Å². The summed E-state index contributed by atoms with van der Waals surface area (Å²) in [7, 11) is 0. The summed E-state index contributed by atoms with van der Waals surface area (Å²) in [5.74, 6) is 0.757. The molecule has 3 aromatic rings. The number of nitrogens with one attached hydrogen (secondary N) is 1. The molecule has 1 amide bonds. The lowest BCUT2D eigenvalue weighted by molar-refractivity contribution is 0.131. The third-order valence-corrected chi connectivity index (χ3v) is 3.87. The SMILES string of the molecule is O=C(NC(COc1ccccc1)c1ccccc1)OCc1ccccc1. The third kappa shape index (κ3) is 5.38. The van der Waals surface area contributed by atoms with E-state index in [4.69, 9.17) is 9.47 Å². The highest BCUT2D eigenvalue weighted by Crippen LogP contribution is 2.16. The molecule has 3 aromatic carbocycles. The molecule has 0 spiro atoms. The highest BCUT2D eigenvalue weighted by atomic mass is 16.5. The van der Waals surface area contributed by atoms with Crippen molar-refractivity contribution in [2.24, 2.45) is 0 Å². The molecule has 132 valence electrons. The van der Waals surface area contributed by atoms with E-state index in [1.807, 2.05) is 91.0 Å². The average Bonchev–Trinajstić information content (AvgIpc) is 2.72. The number of hydrogen-bond donors (Lipinski definition) is 1. The van der Waals surface area contributed by atoms with Gasteiger partial charge in [-0.05, 0) is 23.3 Å². The van der Waals surface area contributed by atoms with Gasteiger partial charge in [0.15, 0.2) is 0 Å². The van der Waals surface area contributed by atoms with Crippen molar-refractivity contribution < 1.29 is 14.3 Å². The van der Waals surface area contributed by atoms with Crippen LogP contribution >= 0.6 is 0 Å². The number of carbonyl (C=O) groups excluding carboxylic acids is 1. The highest BCUT2D eigenvalue weighted by Gasteiger charge is 2.16. The highest BCUT2D eigenvalue weighted by molar-refractivity contribution is 5.68. The summed E-state index contributed by atoms with van der Waals surface area (Å²) >= 11 is 0. The fraction of sp³-hybridized carbons (Fsp3) is 0.136. The van der Waals surface area contributed by atoms with E-state index in [-0.39, 0.29) is 12.6 Å². The van der Waals surface area contributed by atoms with E-state index in [1.54, 1.807) is 0 Å². The Bertz CT molecular complexity index is 791. The lowest BCUT2D eigenvalue weighted by Gasteiger charge is -2.19. The maximum absolute atomic E-state index is 12.2. The summed E-state index contributed by atoms with van der Waals surface area (Å²) < 4.78 is 11.1. The molecule has 0 aliphatic heterocycles. The minimum absolute atomic E-state index is 0.230. The molecule has 0 aliphatic rings. The molecule has 0 saturated heterocycles. The van der Waals surface area contributed by atoms with Gasteiger partial charge in [-0.1, -0.05) is 78.9 Å². The number of amides is 1. The third-order valence-electron chi connectivity index (χ3n) is 3.87. The van der Waals surface area contributed by atoms with Gasteiger partial charge >= 0.3 is 6.09 Å². The van der Waals surface area contributed by atoms with Crippen molar-refractivity contribution >= 4 is 6.09 Å². The lowest BCUT2D eigenvalue weighted by atomic mass is 10.1. The normalized spacial score (nSPS) is 11.4. The van der Waals surface area contributed by atoms with Gasteiger partial charge in [-0.25, -0.2) is 4.79 Å². The maximum Gasteiger partial charge on any atom is 0.408 e. The Balaban J connectivity index is 1.60. The number of carbonyl (C=O) groups is 1. The van der Waals surface area contributed by atoms with E-state index < -0.39 is 6.09 Å². The van der Waals surface area contributed by atoms with Crippen molar-refractivity contribution in [3.8, 4) is 5.75 Å². The predicted octanol–water partition coefficient (Wildman–Crippen LogP) is 4.73. The second kappa shape index (κ2) is 9.28. The smallest absolute Gasteiger partial charge is 0.408 e. The lowest BCUT2D eigenvalue weighted by Crippen LogP contribution is -2.32. The molecule has 0 aromatic heterocycles. The number of rotatable bonds is 7. The van der Waals surface area contributed by atoms with Crippen LogP contribution in [0.15, 0.2) is 91.0 Å². The quantitative estimate of drug-likeness (QED) is 0.672. The molecule has 0 heterocycles. The Morgan fingerprint density at radius 2 is 1.38 bits per heavy atom. The molecular formula is C22H21NO3. The fourth-order valence-electron chi connectivity index (χ4n) is 2.51. The number of ether oxygens (including phenoxy) is 2. The minimum atomic E-state index is -0.473. The molecule has 0 saturated carbocycles. The van der Waals surface area contributed by atoms with Gasteiger partial charge in [0, 0.05) is 0 Å². The minimum Gasteiger partial charge on any atom is -0.491 e. The first-order valence-corrected chi connectivity index (χ1v) is 8.51. The summed E-state index contributed by atoms with van der Waals surface area (Å²) in [4.78, 5) is 12.2. The molecule has 0 bridgehead atoms. The first-order chi connectivity index (χ1) is 12.8. The number of benzene rings is 3. The summed E-state index contributed by atoms with van der Waals surface area (Å²) in [5, 5.41) is 2.89. The molecule has 1 unspecified atom stereocenters. The summed E-state index contributed by atoms with van der Waals surface area (Å²) in [5.41, 5.74) is 1.90. The predicted molar refractivity (Wildman–Crippen MR) is 101 cm³/mol. The second-order valence-electron chi connectivity index (χ2n) is 5.79. The molecule has 1 N–H and O–H groups in total. The van der Waals surface area contributed by atoms with Crippen LogP contribution in [0.25, 0.3) is 0 Å². The largest absolute Gasteiger partial charge is 0.491 e. The van der Waals surface area contributed by atoms with Crippen LogP contribution in [0.4, 0.5) is 4.79 Å². The van der Waals surface area contributed by atoms with Crippen LogP contribution in [0.5, 0.6) is 5.75 Å². The zero-order valence-electron chi connectivity index (χ0n) is 14.4. The van der Waals surface area contributed by atoms with Gasteiger partial charge in [0.05, 0.1) is 6.04 Å². The molecule has 0 radical (unpaired) electrons. The Labute approximate surface area is 153 Å². The van der Waals surface area contributed by atoms with Crippen molar-refractivity contribution in [2.75, 3.05) is 6.61 Å². The van der Waals surface area contributed by atoms with Gasteiger partial charge in [-0.3, -0.25) is 0 Å². The Morgan fingerprint density at radius 1 is 0.808 bits per heavy atom. The molecular weight excluding hydrogens is 326 g/mol. The number of alkyl carbamates (subject to hydrolysis) is 1. The van der Waals surface area contributed by atoms with E-state index >= 15 is 0 Å². The summed E-state index contributed by atoms with van der Waals surface area (Å²) in [6.07, 6.45) is -0.473. The molecule has 4 heteroatoms. The van der Waals surface area contributed by atoms with E-state index in [0.29, 0.717) is 6.61 Å². The van der Waals surface area contributed by atoms with Crippen LogP contribution in [-0.2, 0) is 11.3 Å². The van der Waals surface area contributed by atoms with Crippen molar-refractivity contribution in [1.82, 2.24) is 5.32 Å². The van der Waals surface area contributed by atoms with Gasteiger partial charge in [0.25, 0.3) is 0 Å². The van der Waals surface area contributed by atoms with E-state index in [0.717, 1.165) is 16.9 Å². The van der Waals surface area contributed by atoms with Crippen LogP contribution < -0.4 is 10.1 Å².